The third-order valence-electron chi connectivity index (χ3n) is 2.34. The second kappa shape index (κ2) is 5.45. The molecule has 0 amide bonds. The molecule has 16 heavy (non-hydrogen) atoms. The predicted octanol–water partition coefficient (Wildman–Crippen LogP) is 3.88. The minimum absolute atomic E-state index is 0.110. The van der Waals surface area contributed by atoms with E-state index >= 15 is 0 Å². The summed E-state index contributed by atoms with van der Waals surface area (Å²) < 4.78 is 0. The van der Waals surface area contributed by atoms with Crippen molar-refractivity contribution in [2.75, 3.05) is 0 Å². The van der Waals surface area contributed by atoms with E-state index < -0.39 is 0 Å². The largest absolute Gasteiger partial charge is 0.294 e. The predicted molar refractivity (Wildman–Crippen MR) is 68.4 cm³/mol. The van der Waals surface area contributed by atoms with Gasteiger partial charge in [-0.05, 0) is 32.4 Å². The molecule has 1 nitrogen and oxygen atoms in total. The van der Waals surface area contributed by atoms with Crippen molar-refractivity contribution in [1.82, 2.24) is 0 Å². The van der Waals surface area contributed by atoms with Gasteiger partial charge in [0, 0.05) is 0 Å². The number of carbonyl (C=O) groups is 1. The molecule has 1 atom stereocenters. The van der Waals surface area contributed by atoms with Crippen molar-refractivity contribution in [2.24, 2.45) is 0 Å². The third-order valence-corrected chi connectivity index (χ3v) is 2.34. The minimum atomic E-state index is -0.212. The van der Waals surface area contributed by atoms with E-state index in [-0.39, 0.29) is 11.7 Å². The van der Waals surface area contributed by atoms with Crippen LogP contribution < -0.4 is 0 Å². The summed E-state index contributed by atoms with van der Waals surface area (Å²) in [5.41, 5.74) is 2.92. The van der Waals surface area contributed by atoms with Crippen LogP contribution in [0.15, 0.2) is 54.1 Å². The molecule has 1 aromatic carbocycles. The topological polar surface area (TPSA) is 17.1 Å². The zero-order valence-electron chi connectivity index (χ0n) is 10.2. The highest BCUT2D eigenvalue weighted by Crippen LogP contribution is 2.24. The lowest BCUT2D eigenvalue weighted by atomic mass is 9.88. The first-order valence-corrected chi connectivity index (χ1v) is 5.41. The third kappa shape index (κ3) is 3.20. The lowest BCUT2D eigenvalue weighted by Gasteiger charge is -2.14. The van der Waals surface area contributed by atoms with E-state index in [4.69, 9.17) is 0 Å². The molecule has 0 radical (unpaired) electrons. The Morgan fingerprint density at radius 3 is 2.19 bits per heavy atom. The second-order valence-electron chi connectivity index (χ2n) is 4.31. The Morgan fingerprint density at radius 2 is 1.75 bits per heavy atom. The smallest absolute Gasteiger partial charge is 0.167 e. The molecule has 1 unspecified atom stereocenters. The van der Waals surface area contributed by atoms with Crippen LogP contribution in [0.5, 0.6) is 0 Å². The Morgan fingerprint density at radius 1 is 1.19 bits per heavy atom. The normalized spacial score (nSPS) is 11.7. The molecule has 0 aliphatic carbocycles. The highest BCUT2D eigenvalue weighted by Gasteiger charge is 2.18. The van der Waals surface area contributed by atoms with Crippen molar-refractivity contribution in [3.05, 3.63) is 59.7 Å². The molecule has 84 valence electrons. The molecule has 0 heterocycles. The Balaban J connectivity index is 3.07. The van der Waals surface area contributed by atoms with Crippen LogP contribution in [-0.2, 0) is 4.79 Å². The lowest BCUT2D eigenvalue weighted by molar-refractivity contribution is -0.115. The molecule has 1 rings (SSSR count). The van der Waals surface area contributed by atoms with Crippen LogP contribution in [0.3, 0.4) is 0 Å². The van der Waals surface area contributed by atoms with Gasteiger partial charge < -0.3 is 0 Å². The zero-order chi connectivity index (χ0) is 12.1. The van der Waals surface area contributed by atoms with Crippen molar-refractivity contribution in [2.45, 2.75) is 26.7 Å². The van der Waals surface area contributed by atoms with E-state index in [1.54, 1.807) is 6.08 Å². The van der Waals surface area contributed by atoms with Crippen LogP contribution in [0, 0.1) is 0 Å². The van der Waals surface area contributed by atoms with Gasteiger partial charge in [-0.15, -0.1) is 0 Å². The Bertz CT molecular complexity index is 408. The quantitative estimate of drug-likeness (QED) is 0.549. The summed E-state index contributed by atoms with van der Waals surface area (Å²) in [6.07, 6.45) is 1.69. The Labute approximate surface area is 97.5 Å². The van der Waals surface area contributed by atoms with Gasteiger partial charge in [-0.3, -0.25) is 4.79 Å². The number of ketones is 1. The van der Waals surface area contributed by atoms with Gasteiger partial charge in [-0.25, -0.2) is 0 Å². The fourth-order valence-electron chi connectivity index (χ4n) is 1.70. The first kappa shape index (κ1) is 12.4. The summed E-state index contributed by atoms with van der Waals surface area (Å²) in [5.74, 6) is -0.102. The van der Waals surface area contributed by atoms with Gasteiger partial charge in [0.1, 0.15) is 0 Å². The maximum absolute atomic E-state index is 12.1. The van der Waals surface area contributed by atoms with Crippen LogP contribution >= 0.6 is 0 Å². The fraction of sp³-hybridized carbons (Fsp3) is 0.267. The van der Waals surface area contributed by atoms with E-state index in [1.165, 1.54) is 0 Å². The number of allylic oxidation sites excluding steroid dienone is 3. The van der Waals surface area contributed by atoms with Crippen molar-refractivity contribution < 1.29 is 4.79 Å². The summed E-state index contributed by atoms with van der Waals surface area (Å²) in [6.45, 7) is 9.67. The first-order chi connectivity index (χ1) is 7.52. The second-order valence-corrected chi connectivity index (χ2v) is 4.31. The SMILES string of the molecule is C=C(C)C(C(=O)C=C(C)C)c1ccccc1. The van der Waals surface area contributed by atoms with Crippen molar-refractivity contribution >= 4 is 5.78 Å². The van der Waals surface area contributed by atoms with Gasteiger partial charge in [-0.1, -0.05) is 48.1 Å². The first-order valence-electron chi connectivity index (χ1n) is 5.41. The fourth-order valence-corrected chi connectivity index (χ4v) is 1.70. The lowest BCUT2D eigenvalue weighted by Crippen LogP contribution is -2.11. The molecule has 1 heteroatoms. The molecule has 0 saturated carbocycles. The van der Waals surface area contributed by atoms with Crippen LogP contribution in [0.2, 0.25) is 0 Å². The number of hydrogen-bond acceptors (Lipinski definition) is 1. The molecule has 0 fully saturated rings. The zero-order valence-corrected chi connectivity index (χ0v) is 10.2. The summed E-state index contributed by atoms with van der Waals surface area (Å²) in [5, 5.41) is 0. The molecule has 0 aliphatic heterocycles. The van der Waals surface area contributed by atoms with E-state index in [0.717, 1.165) is 16.7 Å². The molecule has 0 aliphatic rings. The van der Waals surface area contributed by atoms with Crippen molar-refractivity contribution in [3.8, 4) is 0 Å². The van der Waals surface area contributed by atoms with Gasteiger partial charge in [0.25, 0.3) is 0 Å². The molecule has 1 aromatic rings. The molecule has 0 saturated heterocycles. The highest BCUT2D eigenvalue weighted by atomic mass is 16.1. The average Bonchev–Trinajstić information content (AvgIpc) is 2.17. The summed E-state index contributed by atoms with van der Waals surface area (Å²) in [6, 6.07) is 9.78. The number of carbonyl (C=O) groups excluding carboxylic acids is 1. The maximum Gasteiger partial charge on any atom is 0.167 e. The number of hydrogen-bond donors (Lipinski definition) is 0. The standard InChI is InChI=1S/C15H18O/c1-11(2)10-14(16)15(12(3)4)13-8-6-5-7-9-13/h5-10,15H,3H2,1-2,4H3. The van der Waals surface area contributed by atoms with Crippen molar-refractivity contribution in [3.63, 3.8) is 0 Å². The Kier molecular flexibility index (Phi) is 4.24. The molecule has 0 N–H and O–H groups in total. The summed E-state index contributed by atoms with van der Waals surface area (Å²) >= 11 is 0. The number of rotatable bonds is 4. The monoisotopic (exact) mass is 214 g/mol. The van der Waals surface area contributed by atoms with Gasteiger partial charge >= 0.3 is 0 Å². The maximum atomic E-state index is 12.1. The summed E-state index contributed by atoms with van der Waals surface area (Å²) in [4.78, 5) is 12.1. The van der Waals surface area contributed by atoms with Gasteiger partial charge in [0.05, 0.1) is 5.92 Å². The van der Waals surface area contributed by atoms with Gasteiger partial charge in [0.2, 0.25) is 0 Å². The molecular weight excluding hydrogens is 196 g/mol. The van der Waals surface area contributed by atoms with E-state index in [0.29, 0.717) is 0 Å². The van der Waals surface area contributed by atoms with Crippen LogP contribution in [-0.4, -0.2) is 5.78 Å². The minimum Gasteiger partial charge on any atom is -0.294 e. The molecule has 0 bridgehead atoms. The van der Waals surface area contributed by atoms with Crippen molar-refractivity contribution in [1.29, 1.82) is 0 Å². The van der Waals surface area contributed by atoms with E-state index in [1.807, 2.05) is 51.1 Å². The van der Waals surface area contributed by atoms with Crippen LogP contribution in [0.4, 0.5) is 0 Å². The highest BCUT2D eigenvalue weighted by molar-refractivity contribution is 5.98. The van der Waals surface area contributed by atoms with Gasteiger partial charge in [-0.2, -0.15) is 0 Å². The Hall–Kier alpha value is -1.63. The van der Waals surface area contributed by atoms with Crippen LogP contribution in [0.1, 0.15) is 32.3 Å². The molecular formula is C15H18O. The molecule has 0 spiro atoms. The van der Waals surface area contributed by atoms with Gasteiger partial charge in [0.15, 0.2) is 5.78 Å². The summed E-state index contributed by atoms with van der Waals surface area (Å²) in [7, 11) is 0. The number of benzene rings is 1. The average molecular weight is 214 g/mol. The van der Waals surface area contributed by atoms with Crippen LogP contribution in [0.25, 0.3) is 0 Å². The molecule has 0 aromatic heterocycles. The van der Waals surface area contributed by atoms with E-state index in [2.05, 4.69) is 6.58 Å². The van der Waals surface area contributed by atoms with E-state index in [9.17, 15) is 4.79 Å².